The predicted molar refractivity (Wildman–Crippen MR) is 76.7 cm³/mol. The summed E-state index contributed by atoms with van der Waals surface area (Å²) in [4.78, 5) is 12.3. The standard InChI is InChI=1S/C15H16ClFN2O/c1-3-10-8-11(19(4-2)18-10)9-14(20)15-12(16)6-5-7-13(15)17/h5-8H,3-4,9H2,1-2H3. The zero-order chi connectivity index (χ0) is 14.7. The number of Topliss-reactive ketones (excluding diaryl/α,β-unsaturated/α-hetero) is 1. The number of ketones is 1. The van der Waals surface area contributed by atoms with Crippen LogP contribution in [0.1, 0.15) is 35.6 Å². The molecule has 1 aromatic heterocycles. The van der Waals surface area contributed by atoms with Gasteiger partial charge in [0.25, 0.3) is 0 Å². The largest absolute Gasteiger partial charge is 0.294 e. The summed E-state index contributed by atoms with van der Waals surface area (Å²) >= 11 is 5.91. The quantitative estimate of drug-likeness (QED) is 0.788. The summed E-state index contributed by atoms with van der Waals surface area (Å²) in [7, 11) is 0. The lowest BCUT2D eigenvalue weighted by molar-refractivity contribution is 0.0987. The highest BCUT2D eigenvalue weighted by Gasteiger charge is 2.18. The second-order valence-electron chi connectivity index (χ2n) is 4.49. The van der Waals surface area contributed by atoms with Crippen LogP contribution in [0.2, 0.25) is 5.02 Å². The van der Waals surface area contributed by atoms with E-state index in [4.69, 9.17) is 11.6 Å². The van der Waals surface area contributed by atoms with Crippen molar-refractivity contribution in [2.75, 3.05) is 0 Å². The lowest BCUT2D eigenvalue weighted by atomic mass is 10.1. The maximum atomic E-state index is 13.7. The molecular formula is C15H16ClFN2O. The van der Waals surface area contributed by atoms with Crippen molar-refractivity contribution in [2.24, 2.45) is 0 Å². The van der Waals surface area contributed by atoms with Crippen LogP contribution in [0.15, 0.2) is 24.3 Å². The number of hydrogen-bond acceptors (Lipinski definition) is 2. The lowest BCUT2D eigenvalue weighted by Crippen LogP contribution is -2.11. The summed E-state index contributed by atoms with van der Waals surface area (Å²) in [5, 5.41) is 4.52. The molecule has 0 aliphatic rings. The maximum Gasteiger partial charge on any atom is 0.173 e. The molecule has 0 fully saturated rings. The van der Waals surface area contributed by atoms with Crippen LogP contribution in [0.3, 0.4) is 0 Å². The molecule has 20 heavy (non-hydrogen) atoms. The Balaban J connectivity index is 2.30. The topological polar surface area (TPSA) is 34.9 Å². The first kappa shape index (κ1) is 14.7. The third kappa shape index (κ3) is 2.90. The van der Waals surface area contributed by atoms with Gasteiger partial charge in [-0.1, -0.05) is 24.6 Å². The summed E-state index contributed by atoms with van der Waals surface area (Å²) < 4.78 is 15.5. The number of benzene rings is 1. The van der Waals surface area contributed by atoms with Gasteiger partial charge in [-0.15, -0.1) is 0 Å². The van der Waals surface area contributed by atoms with E-state index in [9.17, 15) is 9.18 Å². The molecule has 2 rings (SSSR count). The van der Waals surface area contributed by atoms with Gasteiger partial charge in [0.15, 0.2) is 5.78 Å². The van der Waals surface area contributed by atoms with Crippen LogP contribution in [0.4, 0.5) is 4.39 Å². The molecule has 5 heteroatoms. The molecule has 0 amide bonds. The maximum absolute atomic E-state index is 13.7. The van der Waals surface area contributed by atoms with Crippen molar-refractivity contribution in [3.63, 3.8) is 0 Å². The highest BCUT2D eigenvalue weighted by molar-refractivity contribution is 6.34. The van der Waals surface area contributed by atoms with Crippen LogP contribution >= 0.6 is 11.6 Å². The molecule has 2 aromatic rings. The van der Waals surface area contributed by atoms with Crippen LogP contribution in [0.5, 0.6) is 0 Å². The monoisotopic (exact) mass is 294 g/mol. The molecule has 0 spiro atoms. The minimum absolute atomic E-state index is 0.0453. The molecule has 106 valence electrons. The normalized spacial score (nSPS) is 10.8. The van der Waals surface area contributed by atoms with Crippen molar-refractivity contribution in [1.29, 1.82) is 0 Å². The van der Waals surface area contributed by atoms with Crippen molar-refractivity contribution in [3.05, 3.63) is 52.1 Å². The first-order chi connectivity index (χ1) is 9.56. The fourth-order valence-corrected chi connectivity index (χ4v) is 2.39. The van der Waals surface area contributed by atoms with Gasteiger partial charge in [-0.3, -0.25) is 9.48 Å². The second-order valence-corrected chi connectivity index (χ2v) is 4.90. The van der Waals surface area contributed by atoms with Gasteiger partial charge in [0.05, 0.1) is 22.7 Å². The third-order valence-corrected chi connectivity index (χ3v) is 3.47. The van der Waals surface area contributed by atoms with Gasteiger partial charge in [-0.05, 0) is 31.5 Å². The van der Waals surface area contributed by atoms with E-state index in [1.54, 1.807) is 4.68 Å². The zero-order valence-electron chi connectivity index (χ0n) is 11.5. The molecule has 0 atom stereocenters. The van der Waals surface area contributed by atoms with Gasteiger partial charge in [0, 0.05) is 12.2 Å². The Hall–Kier alpha value is -1.68. The van der Waals surface area contributed by atoms with Crippen LogP contribution in [-0.2, 0) is 19.4 Å². The van der Waals surface area contributed by atoms with Crippen LogP contribution in [-0.4, -0.2) is 15.6 Å². The Bertz CT molecular complexity index is 617. The Morgan fingerprint density at radius 3 is 2.75 bits per heavy atom. The van der Waals surface area contributed by atoms with Crippen molar-refractivity contribution in [1.82, 2.24) is 9.78 Å². The van der Waals surface area contributed by atoms with E-state index in [2.05, 4.69) is 5.10 Å². The zero-order valence-corrected chi connectivity index (χ0v) is 12.2. The Morgan fingerprint density at radius 1 is 1.40 bits per heavy atom. The van der Waals surface area contributed by atoms with E-state index < -0.39 is 5.82 Å². The van der Waals surface area contributed by atoms with Crippen molar-refractivity contribution in [2.45, 2.75) is 33.2 Å². The highest BCUT2D eigenvalue weighted by atomic mass is 35.5. The van der Waals surface area contributed by atoms with Gasteiger partial charge in [-0.2, -0.15) is 5.10 Å². The number of halogens is 2. The van der Waals surface area contributed by atoms with E-state index in [-0.39, 0.29) is 22.8 Å². The molecule has 0 saturated heterocycles. The number of carbonyl (C=O) groups excluding carboxylic acids is 1. The summed E-state index contributed by atoms with van der Waals surface area (Å²) in [6.45, 7) is 4.63. The van der Waals surface area contributed by atoms with Gasteiger partial charge in [0.2, 0.25) is 0 Å². The average Bonchev–Trinajstić information content (AvgIpc) is 2.80. The van der Waals surface area contributed by atoms with Crippen LogP contribution < -0.4 is 0 Å². The van der Waals surface area contributed by atoms with Crippen LogP contribution in [0.25, 0.3) is 0 Å². The smallest absolute Gasteiger partial charge is 0.173 e. The first-order valence-corrected chi connectivity index (χ1v) is 6.97. The van der Waals surface area contributed by atoms with E-state index in [1.807, 2.05) is 19.9 Å². The summed E-state index contributed by atoms with van der Waals surface area (Å²) in [6.07, 6.45) is 0.899. The fourth-order valence-electron chi connectivity index (χ4n) is 2.12. The number of aryl methyl sites for hydroxylation is 2. The minimum atomic E-state index is -0.583. The molecule has 0 N–H and O–H groups in total. The van der Waals surface area contributed by atoms with Crippen molar-refractivity contribution in [3.8, 4) is 0 Å². The number of aromatic nitrogens is 2. The Labute approximate surface area is 122 Å². The number of rotatable bonds is 5. The predicted octanol–water partition coefficient (Wildman–Crippen LogP) is 3.68. The van der Waals surface area contributed by atoms with Crippen molar-refractivity contribution < 1.29 is 9.18 Å². The van der Waals surface area contributed by atoms with Crippen molar-refractivity contribution >= 4 is 17.4 Å². The average molecular weight is 295 g/mol. The minimum Gasteiger partial charge on any atom is -0.294 e. The summed E-state index contributed by atoms with van der Waals surface area (Å²) in [5.41, 5.74) is 1.67. The number of nitrogens with zero attached hydrogens (tertiary/aromatic N) is 2. The van der Waals surface area contributed by atoms with Gasteiger partial charge < -0.3 is 0 Å². The molecule has 0 aliphatic carbocycles. The molecule has 0 aliphatic heterocycles. The molecule has 1 heterocycles. The number of carbonyl (C=O) groups is 1. The second kappa shape index (κ2) is 6.18. The Morgan fingerprint density at radius 2 is 2.15 bits per heavy atom. The van der Waals surface area contributed by atoms with Gasteiger partial charge >= 0.3 is 0 Å². The fraction of sp³-hybridized carbons (Fsp3) is 0.333. The number of hydrogen-bond donors (Lipinski definition) is 0. The molecule has 0 unspecified atom stereocenters. The molecule has 1 aromatic carbocycles. The lowest BCUT2D eigenvalue weighted by Gasteiger charge is -2.06. The van der Waals surface area contributed by atoms with E-state index >= 15 is 0 Å². The third-order valence-electron chi connectivity index (χ3n) is 3.16. The van der Waals surface area contributed by atoms with Crippen LogP contribution in [0, 0.1) is 5.82 Å². The van der Waals surface area contributed by atoms with E-state index in [1.165, 1.54) is 18.2 Å². The molecule has 0 saturated carbocycles. The van der Waals surface area contributed by atoms with Gasteiger partial charge in [-0.25, -0.2) is 4.39 Å². The first-order valence-electron chi connectivity index (χ1n) is 6.59. The summed E-state index contributed by atoms with van der Waals surface area (Å²) in [6, 6.07) is 6.14. The highest BCUT2D eigenvalue weighted by Crippen LogP contribution is 2.21. The SMILES string of the molecule is CCc1cc(CC(=O)c2c(F)cccc2Cl)n(CC)n1. The van der Waals surface area contributed by atoms with E-state index in [0.717, 1.165) is 17.8 Å². The molecule has 3 nitrogen and oxygen atoms in total. The molecule has 0 bridgehead atoms. The van der Waals surface area contributed by atoms with E-state index in [0.29, 0.717) is 6.54 Å². The van der Waals surface area contributed by atoms with Gasteiger partial charge in [0.1, 0.15) is 5.82 Å². The summed E-state index contributed by atoms with van der Waals surface area (Å²) in [5.74, 6) is -0.911. The Kier molecular flexibility index (Phi) is 4.55. The molecular weight excluding hydrogens is 279 g/mol. The molecule has 0 radical (unpaired) electrons.